The van der Waals surface area contributed by atoms with Crippen molar-refractivity contribution >= 4 is 5.97 Å². The molecule has 0 unspecified atom stereocenters. The van der Waals surface area contributed by atoms with Crippen LogP contribution in [0.5, 0.6) is 11.5 Å². The third kappa shape index (κ3) is 6.55. The van der Waals surface area contributed by atoms with Crippen molar-refractivity contribution in [2.24, 2.45) is 5.92 Å². The van der Waals surface area contributed by atoms with Crippen molar-refractivity contribution in [3.63, 3.8) is 0 Å². The maximum atomic E-state index is 14.6. The fourth-order valence-electron chi connectivity index (χ4n) is 4.18. The second-order valence-corrected chi connectivity index (χ2v) is 8.13. The Balaban J connectivity index is 1.67. The van der Waals surface area contributed by atoms with Crippen molar-refractivity contribution in [1.29, 1.82) is 0 Å². The van der Waals surface area contributed by atoms with Gasteiger partial charge in [-0.3, -0.25) is 0 Å². The van der Waals surface area contributed by atoms with Gasteiger partial charge in [0.1, 0.15) is 11.6 Å². The monoisotopic (exact) mass is 468 g/mol. The molecule has 0 radical (unpaired) electrons. The Hall–Kier alpha value is -2.90. The Morgan fingerprint density at radius 3 is 2.27 bits per heavy atom. The van der Waals surface area contributed by atoms with Crippen LogP contribution in [-0.4, -0.2) is 12.4 Å². The average molecular weight is 468 g/mol. The van der Waals surface area contributed by atoms with E-state index in [1.165, 1.54) is 18.6 Å². The lowest BCUT2D eigenvalue weighted by molar-refractivity contribution is 0.0728. The molecule has 0 aromatic heterocycles. The predicted octanol–water partition coefficient (Wildman–Crippen LogP) is 7.55. The summed E-state index contributed by atoms with van der Waals surface area (Å²) in [6.07, 6.45) is 4.38. The zero-order valence-electron chi connectivity index (χ0n) is 18.1. The number of carbonyl (C=O) groups is 1. The van der Waals surface area contributed by atoms with Crippen LogP contribution in [0.2, 0.25) is 0 Å². The molecule has 0 spiro atoms. The van der Waals surface area contributed by atoms with Crippen LogP contribution in [0.3, 0.4) is 0 Å². The number of rotatable bonds is 8. The molecule has 8 heteroatoms. The first-order valence-corrected chi connectivity index (χ1v) is 10.9. The van der Waals surface area contributed by atoms with Gasteiger partial charge in [-0.15, -0.1) is 0 Å². The van der Waals surface area contributed by atoms with Crippen molar-refractivity contribution in [3.8, 4) is 11.5 Å². The van der Waals surface area contributed by atoms with Crippen molar-refractivity contribution in [2.75, 3.05) is 0 Å². The Morgan fingerprint density at radius 2 is 1.70 bits per heavy atom. The Morgan fingerprint density at radius 1 is 1.03 bits per heavy atom. The standard InChI is InChI=1S/C25H25F5O3/c1-2-3-15-4-6-16(7-5-15)17-8-9-19(20(26)12-17)25(31)33-18-13-21(27)24(22(28)14-18)32-11-10-23(29)30/h8-16,23H,2-7H2,1H3. The van der Waals surface area contributed by atoms with E-state index in [0.29, 0.717) is 30.4 Å². The Kier molecular flexibility index (Phi) is 8.47. The van der Waals surface area contributed by atoms with Gasteiger partial charge in [0, 0.05) is 18.2 Å². The van der Waals surface area contributed by atoms with Crippen LogP contribution in [0.25, 0.3) is 0 Å². The number of hydrogen-bond donors (Lipinski definition) is 0. The lowest BCUT2D eigenvalue weighted by Crippen LogP contribution is -2.15. The van der Waals surface area contributed by atoms with Crippen LogP contribution >= 0.6 is 0 Å². The molecule has 0 bridgehead atoms. The quantitative estimate of drug-likeness (QED) is 0.174. The molecule has 1 aliphatic carbocycles. The molecule has 178 valence electrons. The summed E-state index contributed by atoms with van der Waals surface area (Å²) in [5.41, 5.74) is 0.453. The molecule has 2 aromatic carbocycles. The number of hydrogen-bond acceptors (Lipinski definition) is 3. The molecule has 3 nitrogen and oxygen atoms in total. The van der Waals surface area contributed by atoms with Crippen molar-refractivity contribution in [3.05, 3.63) is 71.2 Å². The summed E-state index contributed by atoms with van der Waals surface area (Å²) in [4.78, 5) is 12.4. The third-order valence-corrected chi connectivity index (χ3v) is 5.82. The number of halogens is 5. The Labute approximate surface area is 189 Å². The van der Waals surface area contributed by atoms with Gasteiger partial charge in [-0.05, 0) is 55.2 Å². The number of allylic oxidation sites excluding steroid dienone is 1. The third-order valence-electron chi connectivity index (χ3n) is 5.82. The van der Waals surface area contributed by atoms with Crippen molar-refractivity contribution < 1.29 is 36.2 Å². The molecule has 1 fully saturated rings. The van der Waals surface area contributed by atoms with E-state index in [0.717, 1.165) is 37.7 Å². The van der Waals surface area contributed by atoms with E-state index in [4.69, 9.17) is 4.74 Å². The van der Waals surface area contributed by atoms with Crippen molar-refractivity contribution in [2.45, 2.75) is 57.8 Å². The Bertz CT molecular complexity index is 975. The van der Waals surface area contributed by atoms with Gasteiger partial charge in [-0.2, -0.15) is 0 Å². The molecule has 2 aromatic rings. The predicted molar refractivity (Wildman–Crippen MR) is 113 cm³/mol. The van der Waals surface area contributed by atoms with E-state index in [-0.39, 0.29) is 11.5 Å². The normalized spacial score (nSPS) is 18.6. The topological polar surface area (TPSA) is 35.5 Å². The highest BCUT2D eigenvalue weighted by molar-refractivity contribution is 5.91. The number of esters is 1. The molecule has 0 heterocycles. The van der Waals surface area contributed by atoms with Crippen LogP contribution < -0.4 is 9.47 Å². The molecule has 0 N–H and O–H groups in total. The van der Waals surface area contributed by atoms with Gasteiger partial charge in [0.25, 0.3) is 6.43 Å². The zero-order valence-corrected chi connectivity index (χ0v) is 18.1. The van der Waals surface area contributed by atoms with Crippen molar-refractivity contribution in [1.82, 2.24) is 0 Å². The van der Waals surface area contributed by atoms with E-state index in [9.17, 15) is 26.7 Å². The number of benzene rings is 2. The zero-order chi connectivity index (χ0) is 24.0. The van der Waals surface area contributed by atoms with E-state index in [2.05, 4.69) is 11.7 Å². The molecule has 3 rings (SSSR count). The molecular weight excluding hydrogens is 443 g/mol. The highest BCUT2D eigenvalue weighted by atomic mass is 19.3. The van der Waals surface area contributed by atoms with Crippen LogP contribution in [0, 0.1) is 23.4 Å². The summed E-state index contributed by atoms with van der Waals surface area (Å²) in [5, 5.41) is 0. The summed E-state index contributed by atoms with van der Waals surface area (Å²) in [5.74, 6) is -4.94. The van der Waals surface area contributed by atoms with Gasteiger partial charge in [-0.25, -0.2) is 26.7 Å². The van der Waals surface area contributed by atoms with Crippen LogP contribution in [0.15, 0.2) is 42.7 Å². The molecule has 0 saturated heterocycles. The van der Waals surface area contributed by atoms with Gasteiger partial charge in [0.05, 0.1) is 11.8 Å². The number of alkyl halides is 2. The molecule has 0 atom stereocenters. The SMILES string of the molecule is CCCC1CCC(c2ccc(C(=O)Oc3cc(F)c(OC=CC(F)F)c(F)c3)c(F)c2)CC1. The maximum absolute atomic E-state index is 14.6. The molecule has 0 amide bonds. The molecule has 1 saturated carbocycles. The van der Waals surface area contributed by atoms with E-state index in [1.54, 1.807) is 6.07 Å². The number of ether oxygens (including phenoxy) is 2. The van der Waals surface area contributed by atoms with Crippen LogP contribution in [0.4, 0.5) is 22.0 Å². The summed E-state index contributed by atoms with van der Waals surface area (Å²) >= 11 is 0. The van der Waals surface area contributed by atoms with E-state index < -0.39 is 41.3 Å². The van der Waals surface area contributed by atoms with Gasteiger partial charge in [0.15, 0.2) is 17.4 Å². The van der Waals surface area contributed by atoms with Gasteiger partial charge in [0.2, 0.25) is 0 Å². The highest BCUT2D eigenvalue weighted by Crippen LogP contribution is 2.38. The van der Waals surface area contributed by atoms with Gasteiger partial charge >= 0.3 is 5.97 Å². The minimum absolute atomic E-state index is 0.229. The first kappa shape index (κ1) is 24.7. The first-order chi connectivity index (χ1) is 15.8. The van der Waals surface area contributed by atoms with Crippen LogP contribution in [-0.2, 0) is 0 Å². The van der Waals surface area contributed by atoms with E-state index in [1.807, 2.05) is 0 Å². The molecular formula is C25H25F5O3. The second-order valence-electron chi connectivity index (χ2n) is 8.13. The second kappa shape index (κ2) is 11.3. The maximum Gasteiger partial charge on any atom is 0.346 e. The average Bonchev–Trinajstić information content (AvgIpc) is 2.76. The minimum Gasteiger partial charge on any atom is -0.459 e. The minimum atomic E-state index is -2.85. The van der Waals surface area contributed by atoms with Gasteiger partial charge in [-0.1, -0.05) is 25.8 Å². The lowest BCUT2D eigenvalue weighted by atomic mass is 9.77. The molecule has 33 heavy (non-hydrogen) atoms. The number of carbonyl (C=O) groups excluding carboxylic acids is 1. The summed E-state index contributed by atoms with van der Waals surface area (Å²) < 4.78 is 76.3. The largest absolute Gasteiger partial charge is 0.459 e. The van der Waals surface area contributed by atoms with E-state index >= 15 is 0 Å². The lowest BCUT2D eigenvalue weighted by Gasteiger charge is -2.28. The summed E-state index contributed by atoms with van der Waals surface area (Å²) in [6, 6.07) is 5.60. The fourth-order valence-corrected chi connectivity index (χ4v) is 4.18. The molecule has 0 aliphatic heterocycles. The first-order valence-electron chi connectivity index (χ1n) is 10.9. The van der Waals surface area contributed by atoms with Gasteiger partial charge < -0.3 is 9.47 Å². The smallest absolute Gasteiger partial charge is 0.346 e. The molecule has 1 aliphatic rings. The fraction of sp³-hybridized carbons (Fsp3) is 0.400. The summed E-state index contributed by atoms with van der Waals surface area (Å²) in [7, 11) is 0. The summed E-state index contributed by atoms with van der Waals surface area (Å²) in [6.45, 7) is 2.17. The van der Waals surface area contributed by atoms with Crippen LogP contribution in [0.1, 0.15) is 67.3 Å². The highest BCUT2D eigenvalue weighted by Gasteiger charge is 2.24.